The molecule has 84 valence electrons. The van der Waals surface area contributed by atoms with E-state index < -0.39 is 0 Å². The van der Waals surface area contributed by atoms with Crippen LogP contribution in [0.3, 0.4) is 0 Å². The first-order valence-electron chi connectivity index (χ1n) is 5.99. The van der Waals surface area contributed by atoms with Gasteiger partial charge in [0.15, 0.2) is 0 Å². The van der Waals surface area contributed by atoms with E-state index in [0.717, 1.165) is 18.3 Å². The van der Waals surface area contributed by atoms with E-state index in [0.29, 0.717) is 0 Å². The molecule has 3 nitrogen and oxygen atoms in total. The predicted molar refractivity (Wildman–Crippen MR) is 62.0 cm³/mol. The van der Waals surface area contributed by atoms with Gasteiger partial charge in [0.2, 0.25) is 0 Å². The highest BCUT2D eigenvalue weighted by molar-refractivity contribution is 5.08. The van der Waals surface area contributed by atoms with Gasteiger partial charge in [0, 0.05) is 18.3 Å². The van der Waals surface area contributed by atoms with E-state index in [-0.39, 0.29) is 0 Å². The SMILES string of the molecule is Cc1ncn(CCCCNC2CC2)c1C. The Morgan fingerprint density at radius 3 is 2.80 bits per heavy atom. The fourth-order valence-electron chi connectivity index (χ4n) is 1.77. The van der Waals surface area contributed by atoms with E-state index >= 15 is 0 Å². The number of nitrogens with one attached hydrogen (secondary N) is 1. The van der Waals surface area contributed by atoms with Gasteiger partial charge in [0.05, 0.1) is 12.0 Å². The summed E-state index contributed by atoms with van der Waals surface area (Å²) in [7, 11) is 0. The van der Waals surface area contributed by atoms with E-state index in [2.05, 4.69) is 28.7 Å². The van der Waals surface area contributed by atoms with E-state index in [1.54, 1.807) is 0 Å². The Morgan fingerprint density at radius 2 is 2.20 bits per heavy atom. The first-order valence-corrected chi connectivity index (χ1v) is 5.99. The Labute approximate surface area is 91.9 Å². The maximum Gasteiger partial charge on any atom is 0.0951 e. The first-order chi connectivity index (χ1) is 7.27. The van der Waals surface area contributed by atoms with Crippen LogP contribution in [0.25, 0.3) is 0 Å². The third-order valence-electron chi connectivity index (χ3n) is 3.18. The third-order valence-corrected chi connectivity index (χ3v) is 3.18. The molecule has 0 spiro atoms. The van der Waals surface area contributed by atoms with Crippen LogP contribution in [0.15, 0.2) is 6.33 Å². The molecule has 0 saturated heterocycles. The van der Waals surface area contributed by atoms with E-state index in [1.165, 1.54) is 37.9 Å². The van der Waals surface area contributed by atoms with Crippen molar-refractivity contribution in [3.05, 3.63) is 17.7 Å². The molecule has 1 aromatic heterocycles. The van der Waals surface area contributed by atoms with Gasteiger partial charge in [-0.2, -0.15) is 0 Å². The normalized spacial score (nSPS) is 15.9. The minimum Gasteiger partial charge on any atom is -0.335 e. The minimum atomic E-state index is 0.849. The minimum absolute atomic E-state index is 0.849. The summed E-state index contributed by atoms with van der Waals surface area (Å²) < 4.78 is 2.26. The molecule has 1 aliphatic rings. The fourth-order valence-corrected chi connectivity index (χ4v) is 1.77. The molecule has 0 unspecified atom stereocenters. The summed E-state index contributed by atoms with van der Waals surface area (Å²) in [4.78, 5) is 4.30. The molecule has 0 amide bonds. The lowest BCUT2D eigenvalue weighted by atomic mass is 10.3. The molecule has 15 heavy (non-hydrogen) atoms. The zero-order valence-corrected chi connectivity index (χ0v) is 9.79. The molecule has 0 bridgehead atoms. The highest BCUT2D eigenvalue weighted by Gasteiger charge is 2.19. The fraction of sp³-hybridized carbons (Fsp3) is 0.750. The van der Waals surface area contributed by atoms with Crippen molar-refractivity contribution in [2.24, 2.45) is 0 Å². The average Bonchev–Trinajstić information content (AvgIpc) is 2.99. The number of hydrogen-bond donors (Lipinski definition) is 1. The van der Waals surface area contributed by atoms with Gasteiger partial charge in [0.1, 0.15) is 0 Å². The van der Waals surface area contributed by atoms with Crippen molar-refractivity contribution in [3.8, 4) is 0 Å². The van der Waals surface area contributed by atoms with Gasteiger partial charge < -0.3 is 9.88 Å². The van der Waals surface area contributed by atoms with Crippen molar-refractivity contribution in [3.63, 3.8) is 0 Å². The number of rotatable bonds is 6. The number of nitrogens with zero attached hydrogens (tertiary/aromatic N) is 2. The van der Waals surface area contributed by atoms with Crippen LogP contribution in [0.5, 0.6) is 0 Å². The highest BCUT2D eigenvalue weighted by atomic mass is 15.0. The Kier molecular flexibility index (Phi) is 3.41. The van der Waals surface area contributed by atoms with Crippen molar-refractivity contribution >= 4 is 0 Å². The largest absolute Gasteiger partial charge is 0.335 e. The van der Waals surface area contributed by atoms with Crippen LogP contribution < -0.4 is 5.32 Å². The summed E-state index contributed by atoms with van der Waals surface area (Å²) in [6.07, 6.45) is 7.25. The molecule has 0 atom stereocenters. The van der Waals surface area contributed by atoms with Gasteiger partial charge in [0.25, 0.3) is 0 Å². The molecule has 2 rings (SSSR count). The molecule has 1 aromatic rings. The van der Waals surface area contributed by atoms with Crippen LogP contribution in [0.2, 0.25) is 0 Å². The molecule has 1 N–H and O–H groups in total. The maximum atomic E-state index is 4.30. The quantitative estimate of drug-likeness (QED) is 0.723. The van der Waals surface area contributed by atoms with Crippen molar-refractivity contribution in [2.75, 3.05) is 6.54 Å². The predicted octanol–water partition coefficient (Wildman–Crippen LogP) is 2.03. The van der Waals surface area contributed by atoms with E-state index in [9.17, 15) is 0 Å². The molecule has 0 aliphatic heterocycles. The summed E-state index contributed by atoms with van der Waals surface area (Å²) in [5.41, 5.74) is 2.47. The van der Waals surface area contributed by atoms with Crippen molar-refractivity contribution in [1.29, 1.82) is 0 Å². The van der Waals surface area contributed by atoms with Gasteiger partial charge in [-0.15, -0.1) is 0 Å². The van der Waals surface area contributed by atoms with Crippen molar-refractivity contribution in [1.82, 2.24) is 14.9 Å². The first kappa shape index (κ1) is 10.7. The van der Waals surface area contributed by atoms with Crippen LogP contribution in [-0.4, -0.2) is 22.1 Å². The number of aryl methyl sites for hydroxylation is 2. The van der Waals surface area contributed by atoms with Crippen LogP contribution in [0, 0.1) is 13.8 Å². The molecular weight excluding hydrogens is 186 g/mol. The number of imidazole rings is 1. The van der Waals surface area contributed by atoms with Gasteiger partial charge in [-0.3, -0.25) is 0 Å². The van der Waals surface area contributed by atoms with Gasteiger partial charge >= 0.3 is 0 Å². The number of unbranched alkanes of at least 4 members (excludes halogenated alkanes) is 1. The Morgan fingerprint density at radius 1 is 1.40 bits per heavy atom. The Hall–Kier alpha value is -0.830. The number of aromatic nitrogens is 2. The van der Waals surface area contributed by atoms with Crippen LogP contribution >= 0.6 is 0 Å². The lowest BCUT2D eigenvalue weighted by Crippen LogP contribution is -2.17. The summed E-state index contributed by atoms with van der Waals surface area (Å²) in [6, 6.07) is 0.849. The van der Waals surface area contributed by atoms with Crippen LogP contribution in [-0.2, 0) is 6.54 Å². The lowest BCUT2D eigenvalue weighted by molar-refractivity contribution is 0.561. The molecule has 0 aromatic carbocycles. The second-order valence-corrected chi connectivity index (χ2v) is 4.54. The molecule has 3 heteroatoms. The summed E-state index contributed by atoms with van der Waals surface area (Å²) in [5, 5.41) is 3.54. The van der Waals surface area contributed by atoms with Crippen LogP contribution in [0.1, 0.15) is 37.1 Å². The average molecular weight is 207 g/mol. The lowest BCUT2D eigenvalue weighted by Gasteiger charge is -2.06. The van der Waals surface area contributed by atoms with Crippen LogP contribution in [0.4, 0.5) is 0 Å². The third kappa shape index (κ3) is 3.06. The molecule has 1 saturated carbocycles. The van der Waals surface area contributed by atoms with E-state index in [4.69, 9.17) is 0 Å². The molecule has 1 fully saturated rings. The second kappa shape index (κ2) is 4.79. The summed E-state index contributed by atoms with van der Waals surface area (Å²) in [6.45, 7) is 6.50. The second-order valence-electron chi connectivity index (χ2n) is 4.54. The van der Waals surface area contributed by atoms with Crippen molar-refractivity contribution in [2.45, 2.75) is 52.1 Å². The number of hydrogen-bond acceptors (Lipinski definition) is 2. The van der Waals surface area contributed by atoms with Crippen molar-refractivity contribution < 1.29 is 0 Å². The zero-order valence-electron chi connectivity index (χ0n) is 9.79. The summed E-state index contributed by atoms with van der Waals surface area (Å²) >= 11 is 0. The standard InChI is InChI=1S/C12H21N3/c1-10-11(2)15(9-14-10)8-4-3-7-13-12-5-6-12/h9,12-13H,3-8H2,1-2H3. The molecule has 1 aliphatic carbocycles. The smallest absolute Gasteiger partial charge is 0.0951 e. The zero-order chi connectivity index (χ0) is 10.7. The summed E-state index contributed by atoms with van der Waals surface area (Å²) in [5.74, 6) is 0. The topological polar surface area (TPSA) is 29.9 Å². The van der Waals surface area contributed by atoms with Gasteiger partial charge in [-0.05, 0) is 46.1 Å². The molecular formula is C12H21N3. The Balaban J connectivity index is 1.62. The molecule has 0 radical (unpaired) electrons. The maximum absolute atomic E-state index is 4.30. The monoisotopic (exact) mass is 207 g/mol. The molecule has 1 heterocycles. The highest BCUT2D eigenvalue weighted by Crippen LogP contribution is 2.18. The Bertz CT molecular complexity index is 313. The van der Waals surface area contributed by atoms with E-state index in [1.807, 2.05) is 6.33 Å². The van der Waals surface area contributed by atoms with Gasteiger partial charge in [-0.1, -0.05) is 0 Å². The van der Waals surface area contributed by atoms with Gasteiger partial charge in [-0.25, -0.2) is 4.98 Å².